The minimum absolute atomic E-state index is 0.0357. The number of carbonyl (C=O) groups excluding carboxylic acids is 1. The molecule has 0 atom stereocenters. The fourth-order valence-corrected chi connectivity index (χ4v) is 1.36. The van der Waals surface area contributed by atoms with Crippen LogP contribution in [0.2, 0.25) is 0 Å². The van der Waals surface area contributed by atoms with Crippen LogP contribution in [0.3, 0.4) is 0 Å². The van der Waals surface area contributed by atoms with Gasteiger partial charge in [0.1, 0.15) is 0 Å². The van der Waals surface area contributed by atoms with Crippen molar-refractivity contribution in [3.63, 3.8) is 0 Å². The first-order valence-electron chi connectivity index (χ1n) is 4.07. The predicted molar refractivity (Wildman–Crippen MR) is 51.9 cm³/mol. The Hall–Kier alpha value is -2.03. The Labute approximate surface area is 80.5 Å². The van der Waals surface area contributed by atoms with Crippen molar-refractivity contribution in [2.45, 2.75) is 0 Å². The molecule has 0 spiro atoms. The van der Waals surface area contributed by atoms with Gasteiger partial charge in [-0.25, -0.2) is 4.79 Å². The molecule has 2 aromatic rings. The van der Waals surface area contributed by atoms with Crippen molar-refractivity contribution in [2.75, 3.05) is 0 Å². The smallest absolute Gasteiger partial charge is 0.423 e. The van der Waals surface area contributed by atoms with Gasteiger partial charge in [0, 0.05) is 5.39 Å². The Morgan fingerprint density at radius 3 is 2.71 bits per heavy atom. The van der Waals surface area contributed by atoms with Gasteiger partial charge in [0.2, 0.25) is 0 Å². The summed E-state index contributed by atoms with van der Waals surface area (Å²) in [7, 11) is 0. The molecule has 2 aromatic carbocycles. The molecule has 0 aliphatic heterocycles. The lowest BCUT2D eigenvalue weighted by Gasteiger charge is -2.04. The Kier molecular flexibility index (Phi) is 2.07. The highest BCUT2D eigenvalue weighted by atomic mass is 16.5. The molecule has 0 amide bonds. The predicted octanol–water partition coefficient (Wildman–Crippen LogP) is 1.99. The van der Waals surface area contributed by atoms with Crippen molar-refractivity contribution in [1.82, 2.24) is 0 Å². The highest BCUT2D eigenvalue weighted by Crippen LogP contribution is 2.33. The summed E-state index contributed by atoms with van der Waals surface area (Å²) in [6.07, 6.45) is 0. The second-order valence-corrected chi connectivity index (χ2v) is 2.82. The van der Waals surface area contributed by atoms with Crippen molar-refractivity contribution in [3.05, 3.63) is 36.4 Å². The van der Waals surface area contributed by atoms with E-state index in [-0.39, 0.29) is 11.5 Å². The van der Waals surface area contributed by atoms with E-state index in [9.17, 15) is 9.90 Å². The minimum atomic E-state index is -0.0357. The van der Waals surface area contributed by atoms with E-state index in [0.717, 1.165) is 5.39 Å². The minimum Gasteiger partial charge on any atom is -0.504 e. The standard InChI is InChI=1S/C11H7O3/c12-7-14-10-6-5-8-3-1-2-4-9(8)11(10)13/h1-6,13H. The molecule has 3 heteroatoms. The van der Waals surface area contributed by atoms with E-state index in [1.165, 1.54) is 12.5 Å². The number of fused-ring (bicyclic) bond motifs is 1. The quantitative estimate of drug-likeness (QED) is 0.782. The van der Waals surface area contributed by atoms with Crippen molar-refractivity contribution in [3.8, 4) is 11.5 Å². The molecule has 69 valence electrons. The summed E-state index contributed by atoms with van der Waals surface area (Å²) in [5, 5.41) is 11.2. The van der Waals surface area contributed by atoms with Crippen LogP contribution in [0, 0.1) is 0 Å². The largest absolute Gasteiger partial charge is 0.504 e. The third kappa shape index (κ3) is 1.29. The summed E-state index contributed by atoms with van der Waals surface area (Å²) in [5.41, 5.74) is 0. The molecule has 0 fully saturated rings. The van der Waals surface area contributed by atoms with Gasteiger partial charge in [0.05, 0.1) is 0 Å². The van der Waals surface area contributed by atoms with E-state index < -0.39 is 0 Å². The lowest BCUT2D eigenvalue weighted by molar-refractivity contribution is 0.409. The molecule has 0 unspecified atom stereocenters. The molecule has 0 heterocycles. The second-order valence-electron chi connectivity index (χ2n) is 2.82. The van der Waals surface area contributed by atoms with E-state index >= 15 is 0 Å². The van der Waals surface area contributed by atoms with Crippen LogP contribution in [0.4, 0.5) is 0 Å². The van der Waals surface area contributed by atoms with E-state index in [4.69, 9.17) is 0 Å². The fraction of sp³-hybridized carbons (Fsp3) is 0. The second kappa shape index (κ2) is 3.38. The summed E-state index contributed by atoms with van der Waals surface area (Å²) >= 11 is 0. The molecule has 0 aliphatic carbocycles. The van der Waals surface area contributed by atoms with Crippen LogP contribution in [0.25, 0.3) is 10.8 Å². The highest BCUT2D eigenvalue weighted by molar-refractivity contribution is 5.90. The molecule has 0 aromatic heterocycles. The normalized spacial score (nSPS) is 10.0. The van der Waals surface area contributed by atoms with Gasteiger partial charge >= 0.3 is 6.47 Å². The van der Waals surface area contributed by atoms with E-state index in [2.05, 4.69) is 4.74 Å². The third-order valence-corrected chi connectivity index (χ3v) is 2.02. The summed E-state index contributed by atoms with van der Waals surface area (Å²) in [6.45, 7) is 1.28. The Bertz CT molecular complexity index is 477. The number of ether oxygens (including phenoxy) is 1. The zero-order valence-electron chi connectivity index (χ0n) is 7.23. The third-order valence-electron chi connectivity index (χ3n) is 2.02. The summed E-state index contributed by atoms with van der Waals surface area (Å²) in [4.78, 5) is 10.0. The molecule has 2 rings (SSSR count). The lowest BCUT2D eigenvalue weighted by Crippen LogP contribution is -1.88. The van der Waals surface area contributed by atoms with Crippen LogP contribution in [0.15, 0.2) is 36.4 Å². The van der Waals surface area contributed by atoms with Gasteiger partial charge in [-0.15, -0.1) is 0 Å². The Balaban J connectivity index is 2.68. The van der Waals surface area contributed by atoms with Gasteiger partial charge < -0.3 is 9.84 Å². The van der Waals surface area contributed by atoms with Crippen molar-refractivity contribution in [1.29, 1.82) is 0 Å². The zero-order valence-corrected chi connectivity index (χ0v) is 7.23. The van der Waals surface area contributed by atoms with Gasteiger partial charge in [-0.1, -0.05) is 30.3 Å². The van der Waals surface area contributed by atoms with Crippen LogP contribution in [0.5, 0.6) is 11.5 Å². The SMILES string of the molecule is O=[C]Oc1ccc2ccccc2c1O. The van der Waals surface area contributed by atoms with Crippen molar-refractivity contribution in [2.24, 2.45) is 0 Å². The van der Waals surface area contributed by atoms with Gasteiger partial charge in [0.25, 0.3) is 0 Å². The van der Waals surface area contributed by atoms with Crippen molar-refractivity contribution >= 4 is 17.2 Å². The first-order chi connectivity index (χ1) is 6.83. The molecule has 1 N–H and O–H groups in total. The summed E-state index contributed by atoms with van der Waals surface area (Å²) in [5.74, 6) is 0.0881. The molecular formula is C11H7O3. The lowest BCUT2D eigenvalue weighted by atomic mass is 10.1. The number of hydrogen-bond acceptors (Lipinski definition) is 3. The van der Waals surface area contributed by atoms with Gasteiger partial charge in [-0.2, -0.15) is 0 Å². The molecule has 0 bridgehead atoms. The highest BCUT2D eigenvalue weighted by Gasteiger charge is 2.06. The summed E-state index contributed by atoms with van der Waals surface area (Å²) < 4.78 is 4.49. The van der Waals surface area contributed by atoms with E-state index in [1.807, 2.05) is 12.1 Å². The number of phenolic OH excluding ortho intramolecular Hbond substituents is 1. The maximum atomic E-state index is 10.0. The van der Waals surface area contributed by atoms with Crippen molar-refractivity contribution < 1.29 is 14.6 Å². The van der Waals surface area contributed by atoms with E-state index in [1.54, 1.807) is 18.2 Å². The van der Waals surface area contributed by atoms with E-state index in [0.29, 0.717) is 5.39 Å². The molecule has 0 saturated carbocycles. The average molecular weight is 187 g/mol. The van der Waals surface area contributed by atoms with Crippen LogP contribution < -0.4 is 4.74 Å². The first kappa shape index (κ1) is 8.56. The maximum Gasteiger partial charge on any atom is 0.423 e. The zero-order chi connectivity index (χ0) is 9.97. The van der Waals surface area contributed by atoms with Gasteiger partial charge in [-0.3, -0.25) is 0 Å². The Morgan fingerprint density at radius 1 is 1.14 bits per heavy atom. The van der Waals surface area contributed by atoms with Gasteiger partial charge in [0.15, 0.2) is 11.5 Å². The molecular weight excluding hydrogens is 180 g/mol. The molecule has 0 saturated heterocycles. The number of hydrogen-bond donors (Lipinski definition) is 1. The fourth-order valence-electron chi connectivity index (χ4n) is 1.36. The van der Waals surface area contributed by atoms with Crippen LogP contribution in [-0.2, 0) is 4.79 Å². The molecule has 14 heavy (non-hydrogen) atoms. The van der Waals surface area contributed by atoms with Crippen LogP contribution >= 0.6 is 0 Å². The monoisotopic (exact) mass is 187 g/mol. The van der Waals surface area contributed by atoms with Gasteiger partial charge in [-0.05, 0) is 11.5 Å². The molecule has 0 aliphatic rings. The van der Waals surface area contributed by atoms with Crippen LogP contribution in [0.1, 0.15) is 0 Å². The number of benzene rings is 2. The number of rotatable bonds is 2. The van der Waals surface area contributed by atoms with Crippen LogP contribution in [-0.4, -0.2) is 11.6 Å². The summed E-state index contributed by atoms with van der Waals surface area (Å²) in [6, 6.07) is 10.6. The Morgan fingerprint density at radius 2 is 1.93 bits per heavy atom. The first-order valence-corrected chi connectivity index (χ1v) is 4.07. The number of aromatic hydroxyl groups is 1. The number of phenols is 1. The molecule has 1 radical (unpaired) electrons. The maximum absolute atomic E-state index is 10.0. The average Bonchev–Trinajstić information content (AvgIpc) is 2.23. The topological polar surface area (TPSA) is 46.5 Å². The molecule has 3 nitrogen and oxygen atoms in total.